The number of likely N-dealkylation sites (tertiary alicyclic amines) is 1. The smallest absolute Gasteiger partial charge is 0.256 e. The zero-order valence-electron chi connectivity index (χ0n) is 12.5. The largest absolute Gasteiger partial charge is 0.341 e. The summed E-state index contributed by atoms with van der Waals surface area (Å²) in [4.78, 5) is 15.7. The minimum absolute atomic E-state index is 0.0434. The van der Waals surface area contributed by atoms with Gasteiger partial charge in [-0.15, -0.1) is 0 Å². The highest BCUT2D eigenvalue weighted by Gasteiger charge is 2.24. The summed E-state index contributed by atoms with van der Waals surface area (Å²) >= 11 is 0. The molecule has 0 saturated carbocycles. The highest BCUT2D eigenvalue weighted by molar-refractivity contribution is 5.93. The van der Waals surface area contributed by atoms with Crippen LogP contribution in [-0.2, 0) is 7.05 Å². The first kappa shape index (κ1) is 15.9. The lowest BCUT2D eigenvalue weighted by atomic mass is 9.96. The molecule has 118 valence electrons. The van der Waals surface area contributed by atoms with Gasteiger partial charge < -0.3 is 4.90 Å². The Kier molecular flexibility index (Phi) is 5.27. The summed E-state index contributed by atoms with van der Waals surface area (Å²) in [5, 5.41) is 4.00. The van der Waals surface area contributed by atoms with Gasteiger partial charge in [0.2, 0.25) is 0 Å². The molecular weight excluding hydrogens is 278 g/mol. The molecule has 0 bridgehead atoms. The van der Waals surface area contributed by atoms with E-state index in [1.165, 1.54) is 0 Å². The Bertz CT molecular complexity index is 469. The van der Waals surface area contributed by atoms with E-state index in [4.69, 9.17) is 0 Å². The molecule has 0 aliphatic carbocycles. The van der Waals surface area contributed by atoms with Crippen LogP contribution < -0.4 is 0 Å². The quantitative estimate of drug-likeness (QED) is 0.827. The van der Waals surface area contributed by atoms with Gasteiger partial charge in [0.25, 0.3) is 12.3 Å². The van der Waals surface area contributed by atoms with E-state index in [9.17, 15) is 13.6 Å². The van der Waals surface area contributed by atoms with Crippen molar-refractivity contribution in [3.05, 3.63) is 18.0 Å². The lowest BCUT2D eigenvalue weighted by molar-refractivity contribution is 0.0598. The standard InChI is InChI=1S/C14H22F2N4O/c1-18(14(21)12-7-17-19(2)9-12)8-11-3-5-20(6-4-11)10-13(15)16/h7,9,11,13H,3-6,8,10H2,1-2H3. The molecule has 0 unspecified atom stereocenters. The van der Waals surface area contributed by atoms with E-state index < -0.39 is 6.43 Å². The van der Waals surface area contributed by atoms with Crippen molar-refractivity contribution >= 4 is 5.91 Å². The van der Waals surface area contributed by atoms with Crippen molar-refractivity contribution in [2.75, 3.05) is 33.2 Å². The van der Waals surface area contributed by atoms with Crippen LogP contribution in [0.1, 0.15) is 23.2 Å². The number of piperidine rings is 1. The van der Waals surface area contributed by atoms with Gasteiger partial charge in [0.15, 0.2) is 0 Å². The summed E-state index contributed by atoms with van der Waals surface area (Å²) in [5.41, 5.74) is 0.579. The van der Waals surface area contributed by atoms with Crippen LogP contribution in [0, 0.1) is 5.92 Å². The molecular formula is C14H22F2N4O. The van der Waals surface area contributed by atoms with E-state index >= 15 is 0 Å². The number of amides is 1. The van der Waals surface area contributed by atoms with Gasteiger partial charge in [-0.25, -0.2) is 8.78 Å². The van der Waals surface area contributed by atoms with Crippen LogP contribution in [-0.4, -0.2) is 65.1 Å². The monoisotopic (exact) mass is 300 g/mol. The van der Waals surface area contributed by atoms with E-state index in [2.05, 4.69) is 5.10 Å². The van der Waals surface area contributed by atoms with Crippen molar-refractivity contribution in [1.82, 2.24) is 19.6 Å². The second-order valence-electron chi connectivity index (χ2n) is 5.72. The molecule has 2 heterocycles. The number of carbonyl (C=O) groups is 1. The highest BCUT2D eigenvalue weighted by Crippen LogP contribution is 2.19. The number of aromatic nitrogens is 2. The number of rotatable bonds is 5. The summed E-state index contributed by atoms with van der Waals surface area (Å²) in [7, 11) is 3.55. The van der Waals surface area contributed by atoms with E-state index in [1.54, 1.807) is 41.0 Å². The maximum absolute atomic E-state index is 12.3. The van der Waals surface area contributed by atoms with Crippen LogP contribution in [0.3, 0.4) is 0 Å². The molecule has 0 aromatic carbocycles. The molecule has 1 aromatic heterocycles. The Balaban J connectivity index is 1.79. The SMILES string of the molecule is CN(CC1CCN(CC(F)F)CC1)C(=O)c1cnn(C)c1. The fraction of sp³-hybridized carbons (Fsp3) is 0.714. The first-order chi connectivity index (χ1) is 9.95. The third kappa shape index (κ3) is 4.49. The van der Waals surface area contributed by atoms with Gasteiger partial charge in [0.1, 0.15) is 0 Å². The number of hydrogen-bond donors (Lipinski definition) is 0. The fourth-order valence-electron chi connectivity index (χ4n) is 2.77. The first-order valence-electron chi connectivity index (χ1n) is 7.20. The summed E-state index contributed by atoms with van der Waals surface area (Å²) in [6.45, 7) is 1.89. The number of halogens is 2. The number of nitrogens with zero attached hydrogens (tertiary/aromatic N) is 4. The van der Waals surface area contributed by atoms with Gasteiger partial charge in [-0.2, -0.15) is 5.10 Å². The van der Waals surface area contributed by atoms with Crippen molar-refractivity contribution in [3.63, 3.8) is 0 Å². The Morgan fingerprint density at radius 3 is 2.67 bits per heavy atom. The number of alkyl halides is 2. The van der Waals surface area contributed by atoms with Crippen molar-refractivity contribution in [1.29, 1.82) is 0 Å². The minimum Gasteiger partial charge on any atom is -0.341 e. The molecule has 1 fully saturated rings. The van der Waals surface area contributed by atoms with Crippen molar-refractivity contribution in [3.8, 4) is 0 Å². The van der Waals surface area contributed by atoms with E-state index in [0.29, 0.717) is 31.1 Å². The minimum atomic E-state index is -2.27. The van der Waals surface area contributed by atoms with Gasteiger partial charge in [-0.1, -0.05) is 0 Å². The predicted octanol–water partition coefficient (Wildman–Crippen LogP) is 1.47. The lowest BCUT2D eigenvalue weighted by Crippen LogP contribution is -2.41. The molecule has 0 N–H and O–H groups in total. The molecule has 1 aliphatic heterocycles. The number of aryl methyl sites for hydroxylation is 1. The summed E-state index contributed by atoms with van der Waals surface area (Å²) in [6, 6.07) is 0. The van der Waals surface area contributed by atoms with Crippen LogP contribution in [0.25, 0.3) is 0 Å². The third-order valence-corrected chi connectivity index (χ3v) is 3.93. The predicted molar refractivity (Wildman–Crippen MR) is 75.3 cm³/mol. The lowest BCUT2D eigenvalue weighted by Gasteiger charge is -2.33. The molecule has 5 nitrogen and oxygen atoms in total. The van der Waals surface area contributed by atoms with Crippen LogP contribution in [0.4, 0.5) is 8.78 Å². The maximum Gasteiger partial charge on any atom is 0.256 e. The van der Waals surface area contributed by atoms with Gasteiger partial charge in [0, 0.05) is 26.8 Å². The summed E-state index contributed by atoms with van der Waals surface area (Å²) in [6.07, 6.45) is 2.71. The van der Waals surface area contributed by atoms with E-state index in [-0.39, 0.29) is 12.5 Å². The van der Waals surface area contributed by atoms with Crippen molar-refractivity contribution < 1.29 is 13.6 Å². The second-order valence-corrected chi connectivity index (χ2v) is 5.72. The average Bonchev–Trinajstić information content (AvgIpc) is 2.86. The Labute approximate surface area is 123 Å². The molecule has 0 atom stereocenters. The second kappa shape index (κ2) is 6.98. The van der Waals surface area contributed by atoms with E-state index in [1.807, 2.05) is 0 Å². The topological polar surface area (TPSA) is 41.4 Å². The zero-order valence-corrected chi connectivity index (χ0v) is 12.5. The molecule has 2 rings (SSSR count). The molecule has 1 aliphatic rings. The molecule has 7 heteroatoms. The highest BCUT2D eigenvalue weighted by atomic mass is 19.3. The Hall–Kier alpha value is -1.50. The van der Waals surface area contributed by atoms with Gasteiger partial charge in [-0.3, -0.25) is 14.4 Å². The van der Waals surface area contributed by atoms with Gasteiger partial charge >= 0.3 is 0 Å². The third-order valence-electron chi connectivity index (χ3n) is 3.93. The molecule has 1 aromatic rings. The van der Waals surface area contributed by atoms with Crippen LogP contribution in [0.15, 0.2) is 12.4 Å². The molecule has 1 amide bonds. The molecule has 0 radical (unpaired) electrons. The van der Waals surface area contributed by atoms with Crippen LogP contribution >= 0.6 is 0 Å². The van der Waals surface area contributed by atoms with Gasteiger partial charge in [-0.05, 0) is 31.8 Å². The number of carbonyl (C=O) groups excluding carboxylic acids is 1. The first-order valence-corrected chi connectivity index (χ1v) is 7.20. The van der Waals surface area contributed by atoms with Crippen molar-refractivity contribution in [2.45, 2.75) is 19.3 Å². The normalized spacial score (nSPS) is 17.4. The molecule has 0 spiro atoms. The van der Waals surface area contributed by atoms with Crippen LogP contribution in [0.5, 0.6) is 0 Å². The van der Waals surface area contributed by atoms with Crippen LogP contribution in [0.2, 0.25) is 0 Å². The number of hydrogen-bond acceptors (Lipinski definition) is 3. The Morgan fingerprint density at radius 1 is 1.48 bits per heavy atom. The maximum atomic E-state index is 12.3. The molecule has 21 heavy (non-hydrogen) atoms. The summed E-state index contributed by atoms with van der Waals surface area (Å²) in [5.74, 6) is 0.336. The zero-order chi connectivity index (χ0) is 15.4. The van der Waals surface area contributed by atoms with Crippen molar-refractivity contribution in [2.24, 2.45) is 13.0 Å². The van der Waals surface area contributed by atoms with E-state index in [0.717, 1.165) is 12.8 Å². The Morgan fingerprint density at radius 2 is 2.14 bits per heavy atom. The fourth-order valence-corrected chi connectivity index (χ4v) is 2.77. The molecule has 1 saturated heterocycles. The summed E-state index contributed by atoms with van der Waals surface area (Å²) < 4.78 is 26.2. The van der Waals surface area contributed by atoms with Gasteiger partial charge in [0.05, 0.1) is 18.3 Å². The average molecular weight is 300 g/mol.